The van der Waals surface area contributed by atoms with Crippen molar-refractivity contribution in [3.63, 3.8) is 0 Å². The number of rotatable bonds is 7. The van der Waals surface area contributed by atoms with Crippen LogP contribution >= 0.6 is 0 Å². The lowest BCUT2D eigenvalue weighted by atomic mass is 9.66. The molecule has 3 aliphatic rings. The number of carbonyl (C=O) groups excluding carboxylic acids is 2. The number of nitrogens with zero attached hydrogens (tertiary/aromatic N) is 1. The van der Waals surface area contributed by atoms with Gasteiger partial charge < -0.3 is 48.1 Å². The van der Waals surface area contributed by atoms with E-state index in [1.807, 2.05) is 24.3 Å². The molecule has 1 fully saturated rings. The maximum Gasteiger partial charge on any atom is 0.340 e. The summed E-state index contributed by atoms with van der Waals surface area (Å²) >= 11 is 0. The van der Waals surface area contributed by atoms with Crippen molar-refractivity contribution in [2.24, 2.45) is 11.8 Å². The van der Waals surface area contributed by atoms with Crippen molar-refractivity contribution >= 4 is 11.9 Å². The van der Waals surface area contributed by atoms with E-state index in [-0.39, 0.29) is 24.9 Å². The number of cyclic esters (lactones) is 1. The van der Waals surface area contributed by atoms with Crippen LogP contribution in [0.4, 0.5) is 0 Å². The van der Waals surface area contributed by atoms with Gasteiger partial charge in [-0.25, -0.2) is 9.78 Å². The number of fused-ring (bicyclic) bond motifs is 3. The first kappa shape index (κ1) is 29.7. The molecule has 2 N–H and O–H groups in total. The van der Waals surface area contributed by atoms with Gasteiger partial charge >= 0.3 is 11.9 Å². The minimum atomic E-state index is -0.797. The fourth-order valence-corrected chi connectivity index (χ4v) is 5.75. The second-order valence-corrected chi connectivity index (χ2v) is 9.65. The van der Waals surface area contributed by atoms with Crippen LogP contribution in [0.5, 0.6) is 34.6 Å². The summed E-state index contributed by atoms with van der Waals surface area (Å²) in [6.45, 7) is -0.610. The van der Waals surface area contributed by atoms with Crippen molar-refractivity contribution in [3.8, 4) is 34.6 Å². The molecule has 2 aromatic carbocycles. The highest BCUT2D eigenvalue weighted by Crippen LogP contribution is 2.56. The molecule has 3 aromatic rings. The highest BCUT2D eigenvalue weighted by atomic mass is 16.7. The van der Waals surface area contributed by atoms with E-state index in [0.717, 1.165) is 11.1 Å². The summed E-state index contributed by atoms with van der Waals surface area (Å²) < 4.78 is 44.8. The van der Waals surface area contributed by atoms with Crippen LogP contribution < -0.4 is 28.4 Å². The van der Waals surface area contributed by atoms with Gasteiger partial charge in [0.2, 0.25) is 18.4 Å². The first-order valence-electron chi connectivity index (χ1n) is 13.2. The SMILES string of the molecule is COc1ccc(C(=O)O[C@H]2c3cc4c(cc3[C@@H](c3cc(OC)c(OC)c(OC)c3)[C@H]3C(=O)OC[C@@H]32)OCO4)cn1.OCO. The molecule has 0 unspecified atom stereocenters. The minimum Gasteiger partial charge on any atom is -0.493 e. The van der Waals surface area contributed by atoms with Crippen LogP contribution in [0.1, 0.15) is 39.1 Å². The Balaban J connectivity index is 0.00000118. The van der Waals surface area contributed by atoms with Crippen molar-refractivity contribution in [1.82, 2.24) is 4.98 Å². The zero-order chi connectivity index (χ0) is 30.7. The van der Waals surface area contributed by atoms with Crippen LogP contribution in [0, 0.1) is 11.8 Å². The zero-order valence-corrected chi connectivity index (χ0v) is 23.9. The van der Waals surface area contributed by atoms with E-state index in [9.17, 15) is 9.59 Å². The van der Waals surface area contributed by atoms with E-state index < -0.39 is 36.6 Å². The molecule has 2 aliphatic heterocycles. The predicted molar refractivity (Wildman–Crippen MR) is 147 cm³/mol. The molecule has 6 rings (SSSR count). The van der Waals surface area contributed by atoms with Gasteiger partial charge in [0.15, 0.2) is 23.0 Å². The van der Waals surface area contributed by atoms with Crippen LogP contribution in [0.2, 0.25) is 0 Å². The quantitative estimate of drug-likeness (QED) is 0.302. The second-order valence-electron chi connectivity index (χ2n) is 9.65. The smallest absolute Gasteiger partial charge is 0.340 e. The van der Waals surface area contributed by atoms with Crippen molar-refractivity contribution < 1.29 is 57.7 Å². The Morgan fingerprint density at radius 2 is 1.56 bits per heavy atom. The van der Waals surface area contributed by atoms with Crippen LogP contribution in [-0.2, 0) is 14.3 Å². The summed E-state index contributed by atoms with van der Waals surface area (Å²) in [5.41, 5.74) is 2.42. The third-order valence-corrected chi connectivity index (χ3v) is 7.58. The number of hydrogen-bond donors (Lipinski definition) is 2. The summed E-state index contributed by atoms with van der Waals surface area (Å²) in [6.07, 6.45) is 0.589. The lowest BCUT2D eigenvalue weighted by Crippen LogP contribution is -2.36. The van der Waals surface area contributed by atoms with Crippen molar-refractivity contribution in [2.75, 3.05) is 48.6 Å². The topological polar surface area (TPSA) is 161 Å². The molecular formula is C30H31NO12. The molecule has 43 heavy (non-hydrogen) atoms. The van der Waals surface area contributed by atoms with Gasteiger partial charge in [-0.1, -0.05) is 0 Å². The van der Waals surface area contributed by atoms with Gasteiger partial charge in [-0.05, 0) is 41.5 Å². The fraction of sp³-hybridized carbons (Fsp3) is 0.367. The highest BCUT2D eigenvalue weighted by molar-refractivity contribution is 5.89. The van der Waals surface area contributed by atoms with E-state index in [2.05, 4.69) is 4.98 Å². The van der Waals surface area contributed by atoms with Gasteiger partial charge in [-0.3, -0.25) is 4.79 Å². The van der Waals surface area contributed by atoms with Crippen LogP contribution in [0.3, 0.4) is 0 Å². The summed E-state index contributed by atoms with van der Waals surface area (Å²) in [7, 11) is 6.08. The molecule has 1 saturated heterocycles. The van der Waals surface area contributed by atoms with Gasteiger partial charge in [0, 0.05) is 29.7 Å². The molecule has 13 heteroatoms. The molecule has 1 aliphatic carbocycles. The van der Waals surface area contributed by atoms with Crippen molar-refractivity contribution in [2.45, 2.75) is 12.0 Å². The van der Waals surface area contributed by atoms with Crippen molar-refractivity contribution in [3.05, 3.63) is 64.8 Å². The van der Waals surface area contributed by atoms with Gasteiger partial charge in [-0.2, -0.15) is 0 Å². The first-order valence-corrected chi connectivity index (χ1v) is 13.2. The van der Waals surface area contributed by atoms with E-state index >= 15 is 0 Å². The fourth-order valence-electron chi connectivity index (χ4n) is 5.75. The molecule has 0 saturated carbocycles. The van der Waals surface area contributed by atoms with Crippen LogP contribution in [0.15, 0.2) is 42.6 Å². The average molecular weight is 598 g/mol. The number of hydrogen-bond acceptors (Lipinski definition) is 13. The van der Waals surface area contributed by atoms with Crippen LogP contribution in [-0.4, -0.2) is 75.8 Å². The Hall–Kier alpha value is -4.75. The second kappa shape index (κ2) is 12.6. The third-order valence-electron chi connectivity index (χ3n) is 7.58. The van der Waals surface area contributed by atoms with E-state index in [1.54, 1.807) is 12.1 Å². The Morgan fingerprint density at radius 3 is 2.12 bits per heavy atom. The number of benzene rings is 2. The molecule has 0 bridgehead atoms. The Morgan fingerprint density at radius 1 is 0.907 bits per heavy atom. The zero-order valence-electron chi connectivity index (χ0n) is 23.9. The Bertz CT molecular complexity index is 1470. The monoisotopic (exact) mass is 597 g/mol. The number of methoxy groups -OCH3 is 4. The molecule has 13 nitrogen and oxygen atoms in total. The minimum absolute atomic E-state index is 0.0595. The van der Waals surface area contributed by atoms with Gasteiger partial charge in [0.1, 0.15) is 12.9 Å². The lowest BCUT2D eigenvalue weighted by Gasteiger charge is -2.38. The Labute approximate surface area is 246 Å². The van der Waals surface area contributed by atoms with Gasteiger partial charge in [0.05, 0.1) is 46.5 Å². The maximum atomic E-state index is 13.3. The van der Waals surface area contributed by atoms with Crippen LogP contribution in [0.25, 0.3) is 0 Å². The summed E-state index contributed by atoms with van der Waals surface area (Å²) in [5.74, 6) is 0.149. The normalized spacial score (nSPS) is 20.9. The number of carbonyl (C=O) groups is 2. The predicted octanol–water partition coefficient (Wildman–Crippen LogP) is 2.61. The number of aliphatic hydroxyl groups excluding tert-OH is 1. The average Bonchev–Trinajstić information content (AvgIpc) is 3.65. The number of esters is 2. The number of aliphatic hydroxyl groups is 2. The van der Waals surface area contributed by atoms with E-state index in [4.69, 9.17) is 48.1 Å². The standard InChI is InChI=1S/C29H27NO10.CH4O2/c1-33-21-7-15(8-22(34-2)27(21)36-4)24-16-9-19-20(39-13-38-19)10-17(16)26(18-12-37-29(32)25(18)24)40-28(31)14-5-6-23(35-3)30-11-14;2-1-3/h5-11,18,24-26H,12-13H2,1-4H3;2-3H,1H2/t18-,24+,25-,26-;/m0./s1. The summed E-state index contributed by atoms with van der Waals surface area (Å²) in [5, 5.41) is 14.2. The van der Waals surface area contributed by atoms with E-state index in [1.165, 1.54) is 34.6 Å². The molecule has 3 heterocycles. The number of pyridine rings is 1. The summed E-state index contributed by atoms with van der Waals surface area (Å²) in [6, 6.07) is 10.4. The van der Waals surface area contributed by atoms with Gasteiger partial charge in [-0.15, -0.1) is 0 Å². The van der Waals surface area contributed by atoms with Crippen molar-refractivity contribution in [1.29, 1.82) is 0 Å². The molecule has 0 spiro atoms. The Kier molecular flexibility index (Phi) is 8.73. The maximum absolute atomic E-state index is 13.3. The molecule has 4 atom stereocenters. The largest absolute Gasteiger partial charge is 0.493 e. The summed E-state index contributed by atoms with van der Waals surface area (Å²) in [4.78, 5) is 30.7. The first-order chi connectivity index (χ1) is 20.9. The number of aromatic nitrogens is 1. The molecule has 0 amide bonds. The van der Waals surface area contributed by atoms with Gasteiger partial charge in [0.25, 0.3) is 0 Å². The highest BCUT2D eigenvalue weighted by Gasteiger charge is 2.54. The molecule has 0 radical (unpaired) electrons. The molecule has 228 valence electrons. The third kappa shape index (κ3) is 5.44. The van der Waals surface area contributed by atoms with E-state index in [0.29, 0.717) is 40.2 Å². The molecule has 1 aromatic heterocycles. The number of ether oxygens (including phenoxy) is 8. The lowest BCUT2D eigenvalue weighted by molar-refractivity contribution is -0.141. The molecular weight excluding hydrogens is 566 g/mol.